The number of nitrogens with zero attached hydrogens (tertiary/aromatic N) is 3. The first kappa shape index (κ1) is 11.8. The fourth-order valence-electron chi connectivity index (χ4n) is 1.45. The summed E-state index contributed by atoms with van der Waals surface area (Å²) in [6.07, 6.45) is 0. The van der Waals surface area contributed by atoms with Crippen molar-refractivity contribution in [2.24, 2.45) is 0 Å². The lowest BCUT2D eigenvalue weighted by Gasteiger charge is -2.25. The molecule has 4 heteroatoms. The van der Waals surface area contributed by atoms with E-state index in [0.29, 0.717) is 6.04 Å². The zero-order valence-electron chi connectivity index (χ0n) is 10.4. The Balaban J connectivity index is 3.22. The van der Waals surface area contributed by atoms with Gasteiger partial charge in [0.2, 0.25) is 0 Å². The van der Waals surface area contributed by atoms with Gasteiger partial charge in [0.15, 0.2) is 0 Å². The molecule has 15 heavy (non-hydrogen) atoms. The summed E-state index contributed by atoms with van der Waals surface area (Å²) in [6, 6.07) is 0.433. The maximum Gasteiger partial charge on any atom is 0.137 e. The van der Waals surface area contributed by atoms with E-state index in [4.69, 9.17) is 0 Å². The number of aromatic nitrogens is 2. The number of hydrogen-bond acceptors (Lipinski definition) is 4. The lowest BCUT2D eigenvalue weighted by atomic mass is 10.2. The molecular formula is C11H20N4. The lowest BCUT2D eigenvalue weighted by Crippen LogP contribution is -2.28. The van der Waals surface area contributed by atoms with Crippen LogP contribution in [0.4, 0.5) is 11.6 Å². The average molecular weight is 208 g/mol. The first-order valence-electron chi connectivity index (χ1n) is 5.23. The quantitative estimate of drug-likeness (QED) is 0.824. The van der Waals surface area contributed by atoms with Crippen LogP contribution in [0.5, 0.6) is 0 Å². The van der Waals surface area contributed by atoms with Gasteiger partial charge in [0.05, 0.1) is 0 Å². The van der Waals surface area contributed by atoms with Gasteiger partial charge in [-0.1, -0.05) is 0 Å². The highest BCUT2D eigenvalue weighted by Crippen LogP contribution is 2.23. The molecular weight excluding hydrogens is 188 g/mol. The molecule has 0 amide bonds. The Labute approximate surface area is 91.7 Å². The van der Waals surface area contributed by atoms with Gasteiger partial charge >= 0.3 is 0 Å². The molecule has 1 aromatic rings. The summed E-state index contributed by atoms with van der Waals surface area (Å²) in [7, 11) is 3.94. The van der Waals surface area contributed by atoms with Gasteiger partial charge in [0.25, 0.3) is 0 Å². The Morgan fingerprint density at radius 3 is 2.27 bits per heavy atom. The van der Waals surface area contributed by atoms with Crippen LogP contribution >= 0.6 is 0 Å². The van der Waals surface area contributed by atoms with Crippen LogP contribution in [-0.2, 0) is 0 Å². The second kappa shape index (κ2) is 4.47. The average Bonchev–Trinajstić information content (AvgIpc) is 2.19. The van der Waals surface area contributed by atoms with E-state index in [-0.39, 0.29) is 0 Å². The molecule has 0 spiro atoms. The normalized spacial score (nSPS) is 10.6. The molecule has 0 aliphatic heterocycles. The van der Waals surface area contributed by atoms with Crippen molar-refractivity contribution < 1.29 is 0 Å². The standard InChI is InChI=1S/C11H20N4/c1-7(2)15(6)11-8(3)10(12-5)13-9(4)14-11/h7H,1-6H3,(H,12,13,14). The van der Waals surface area contributed by atoms with Crippen LogP contribution in [-0.4, -0.2) is 30.1 Å². The van der Waals surface area contributed by atoms with Crippen molar-refractivity contribution in [3.63, 3.8) is 0 Å². The molecule has 1 N–H and O–H groups in total. The Kier molecular flexibility index (Phi) is 3.50. The third-order valence-corrected chi connectivity index (χ3v) is 2.58. The molecule has 0 aromatic carbocycles. The second-order valence-electron chi connectivity index (χ2n) is 4.02. The van der Waals surface area contributed by atoms with Gasteiger partial charge in [-0.05, 0) is 27.7 Å². The summed E-state index contributed by atoms with van der Waals surface area (Å²) >= 11 is 0. The topological polar surface area (TPSA) is 41.1 Å². The Hall–Kier alpha value is -1.32. The van der Waals surface area contributed by atoms with Gasteiger partial charge in [-0.3, -0.25) is 0 Å². The third kappa shape index (κ3) is 2.37. The minimum absolute atomic E-state index is 0.433. The fourth-order valence-corrected chi connectivity index (χ4v) is 1.45. The van der Waals surface area contributed by atoms with Crippen LogP contribution in [0.2, 0.25) is 0 Å². The predicted octanol–water partition coefficient (Wildman–Crippen LogP) is 1.98. The Morgan fingerprint density at radius 1 is 1.20 bits per heavy atom. The van der Waals surface area contributed by atoms with E-state index in [2.05, 4.69) is 41.1 Å². The molecule has 0 radical (unpaired) electrons. The number of aryl methyl sites for hydroxylation is 1. The van der Waals surface area contributed by atoms with E-state index >= 15 is 0 Å². The van der Waals surface area contributed by atoms with Crippen molar-refractivity contribution in [1.82, 2.24) is 9.97 Å². The van der Waals surface area contributed by atoms with E-state index < -0.39 is 0 Å². The van der Waals surface area contributed by atoms with Crippen molar-refractivity contribution >= 4 is 11.6 Å². The molecule has 0 saturated heterocycles. The molecule has 0 aliphatic rings. The summed E-state index contributed by atoms with van der Waals surface area (Å²) in [5, 5.41) is 3.09. The fraction of sp³-hybridized carbons (Fsp3) is 0.636. The van der Waals surface area contributed by atoms with E-state index in [9.17, 15) is 0 Å². The highest BCUT2D eigenvalue weighted by atomic mass is 15.2. The van der Waals surface area contributed by atoms with E-state index in [1.807, 2.05) is 20.9 Å². The van der Waals surface area contributed by atoms with Gasteiger partial charge in [0.1, 0.15) is 17.5 Å². The van der Waals surface area contributed by atoms with Crippen molar-refractivity contribution in [3.05, 3.63) is 11.4 Å². The predicted molar refractivity (Wildman–Crippen MR) is 64.6 cm³/mol. The summed E-state index contributed by atoms with van der Waals surface area (Å²) < 4.78 is 0. The summed E-state index contributed by atoms with van der Waals surface area (Å²) in [5.41, 5.74) is 1.10. The highest BCUT2D eigenvalue weighted by molar-refractivity contribution is 5.58. The summed E-state index contributed by atoms with van der Waals surface area (Å²) in [4.78, 5) is 11.0. The SMILES string of the molecule is CNc1nc(C)nc(N(C)C(C)C)c1C. The van der Waals surface area contributed by atoms with Crippen LogP contribution < -0.4 is 10.2 Å². The molecule has 0 atom stereocenters. The number of hydrogen-bond donors (Lipinski definition) is 1. The Bertz CT molecular complexity index is 347. The lowest BCUT2D eigenvalue weighted by molar-refractivity contribution is 0.735. The van der Waals surface area contributed by atoms with Gasteiger partial charge in [0, 0.05) is 25.7 Å². The molecule has 1 rings (SSSR count). The molecule has 0 bridgehead atoms. The minimum Gasteiger partial charge on any atom is -0.373 e. The molecule has 4 nitrogen and oxygen atoms in total. The van der Waals surface area contributed by atoms with Gasteiger partial charge in [-0.15, -0.1) is 0 Å². The Morgan fingerprint density at radius 2 is 1.80 bits per heavy atom. The van der Waals surface area contributed by atoms with Crippen LogP contribution in [0, 0.1) is 13.8 Å². The maximum atomic E-state index is 4.48. The maximum absolute atomic E-state index is 4.48. The number of anilines is 2. The molecule has 0 aliphatic carbocycles. The van der Waals surface area contributed by atoms with Crippen LogP contribution in [0.25, 0.3) is 0 Å². The first-order valence-corrected chi connectivity index (χ1v) is 5.23. The molecule has 0 fully saturated rings. The number of nitrogens with one attached hydrogen (secondary N) is 1. The van der Waals surface area contributed by atoms with Gasteiger partial charge in [-0.25, -0.2) is 9.97 Å². The zero-order chi connectivity index (χ0) is 11.6. The minimum atomic E-state index is 0.433. The van der Waals surface area contributed by atoms with Crippen LogP contribution in [0.1, 0.15) is 25.2 Å². The molecule has 84 valence electrons. The zero-order valence-corrected chi connectivity index (χ0v) is 10.4. The van der Waals surface area contributed by atoms with Crippen LogP contribution in [0.3, 0.4) is 0 Å². The van der Waals surface area contributed by atoms with Gasteiger partial charge in [-0.2, -0.15) is 0 Å². The molecule has 0 unspecified atom stereocenters. The highest BCUT2D eigenvalue weighted by Gasteiger charge is 2.13. The van der Waals surface area contributed by atoms with Crippen LogP contribution in [0.15, 0.2) is 0 Å². The number of rotatable bonds is 3. The van der Waals surface area contributed by atoms with E-state index in [1.165, 1.54) is 0 Å². The third-order valence-electron chi connectivity index (χ3n) is 2.58. The molecule has 0 saturated carbocycles. The van der Waals surface area contributed by atoms with E-state index in [1.54, 1.807) is 0 Å². The van der Waals surface area contributed by atoms with Gasteiger partial charge < -0.3 is 10.2 Å². The van der Waals surface area contributed by atoms with Crippen molar-refractivity contribution in [3.8, 4) is 0 Å². The summed E-state index contributed by atoms with van der Waals surface area (Å²) in [5.74, 6) is 2.71. The summed E-state index contributed by atoms with van der Waals surface area (Å²) in [6.45, 7) is 8.25. The smallest absolute Gasteiger partial charge is 0.137 e. The first-order chi connectivity index (χ1) is 6.97. The monoisotopic (exact) mass is 208 g/mol. The van der Waals surface area contributed by atoms with Crippen molar-refractivity contribution in [2.75, 3.05) is 24.3 Å². The van der Waals surface area contributed by atoms with E-state index in [0.717, 1.165) is 23.0 Å². The molecule has 1 heterocycles. The van der Waals surface area contributed by atoms with Crippen molar-refractivity contribution in [1.29, 1.82) is 0 Å². The largest absolute Gasteiger partial charge is 0.373 e. The second-order valence-corrected chi connectivity index (χ2v) is 4.02. The van der Waals surface area contributed by atoms with Crippen molar-refractivity contribution in [2.45, 2.75) is 33.7 Å². The molecule has 1 aromatic heterocycles.